The van der Waals surface area contributed by atoms with E-state index in [2.05, 4.69) is 9.97 Å². The Kier molecular flexibility index (Phi) is 7.44. The summed E-state index contributed by atoms with van der Waals surface area (Å²) >= 11 is 1.47. The number of fused-ring (bicyclic) bond motifs is 1. The largest absolute Gasteiger partial charge is 0.453 e. The maximum absolute atomic E-state index is 14.3. The number of nitrogens with two attached hydrogens (primary N) is 1. The fourth-order valence-corrected chi connectivity index (χ4v) is 4.60. The third-order valence-electron chi connectivity index (χ3n) is 5.21. The number of anilines is 1. The van der Waals surface area contributed by atoms with Gasteiger partial charge in [-0.2, -0.15) is 0 Å². The van der Waals surface area contributed by atoms with Gasteiger partial charge in [0.2, 0.25) is 0 Å². The molecule has 4 rings (SSSR count). The van der Waals surface area contributed by atoms with Crippen LogP contribution in [0.4, 0.5) is 14.9 Å². The molecule has 0 bridgehead atoms. The summed E-state index contributed by atoms with van der Waals surface area (Å²) in [4.78, 5) is 24.1. The Morgan fingerprint density at radius 3 is 2.69 bits per heavy atom. The SMILES string of the molecule is CCCN(CCn1cnc(-c2cc3nccc(Oc4ccc(N)cc4F)c3s2)c1)C(=O)OC(C)(C)C. The number of pyridine rings is 1. The first-order valence-electron chi connectivity index (χ1n) is 11.7. The molecule has 0 aliphatic carbocycles. The monoisotopic (exact) mass is 511 g/mol. The van der Waals surface area contributed by atoms with Crippen LogP contribution in [0.1, 0.15) is 34.1 Å². The predicted molar refractivity (Wildman–Crippen MR) is 140 cm³/mol. The molecule has 2 N–H and O–H groups in total. The molecular formula is C26H30FN5O3S. The van der Waals surface area contributed by atoms with E-state index in [-0.39, 0.29) is 11.8 Å². The summed E-state index contributed by atoms with van der Waals surface area (Å²) in [6.07, 6.45) is 5.83. The molecule has 0 unspecified atom stereocenters. The Morgan fingerprint density at radius 1 is 1.17 bits per heavy atom. The van der Waals surface area contributed by atoms with E-state index in [1.54, 1.807) is 29.6 Å². The second kappa shape index (κ2) is 10.5. The van der Waals surface area contributed by atoms with Gasteiger partial charge < -0.3 is 24.7 Å². The second-order valence-corrected chi connectivity index (χ2v) is 10.4. The highest BCUT2D eigenvalue weighted by Crippen LogP contribution is 2.39. The van der Waals surface area contributed by atoms with E-state index in [1.165, 1.54) is 23.5 Å². The number of carbonyl (C=O) groups is 1. The number of hydrogen-bond donors (Lipinski definition) is 1. The number of benzene rings is 1. The summed E-state index contributed by atoms with van der Waals surface area (Å²) in [5.41, 5.74) is 6.94. The van der Waals surface area contributed by atoms with Gasteiger partial charge in [-0.3, -0.25) is 4.98 Å². The van der Waals surface area contributed by atoms with E-state index < -0.39 is 11.4 Å². The molecule has 0 spiro atoms. The topological polar surface area (TPSA) is 95.5 Å². The first-order valence-corrected chi connectivity index (χ1v) is 12.6. The average Bonchev–Trinajstić information content (AvgIpc) is 3.44. The maximum atomic E-state index is 14.3. The minimum absolute atomic E-state index is 0.0950. The van der Waals surface area contributed by atoms with Gasteiger partial charge in [-0.25, -0.2) is 14.2 Å². The van der Waals surface area contributed by atoms with Crippen molar-refractivity contribution in [1.29, 1.82) is 0 Å². The van der Waals surface area contributed by atoms with Gasteiger partial charge in [-0.15, -0.1) is 11.3 Å². The van der Waals surface area contributed by atoms with Crippen LogP contribution in [0, 0.1) is 5.82 Å². The van der Waals surface area contributed by atoms with Crippen LogP contribution in [0.3, 0.4) is 0 Å². The molecule has 1 amide bonds. The zero-order valence-corrected chi connectivity index (χ0v) is 21.6. The Bertz CT molecular complexity index is 1360. The quantitative estimate of drug-likeness (QED) is 0.278. The maximum Gasteiger partial charge on any atom is 0.410 e. The van der Waals surface area contributed by atoms with Gasteiger partial charge in [0.1, 0.15) is 11.4 Å². The van der Waals surface area contributed by atoms with Crippen LogP contribution in [0.5, 0.6) is 11.5 Å². The van der Waals surface area contributed by atoms with Crippen LogP contribution in [0.2, 0.25) is 0 Å². The van der Waals surface area contributed by atoms with Crippen molar-refractivity contribution in [2.24, 2.45) is 0 Å². The van der Waals surface area contributed by atoms with E-state index in [4.69, 9.17) is 15.2 Å². The lowest BCUT2D eigenvalue weighted by Gasteiger charge is -2.27. The van der Waals surface area contributed by atoms with Crippen LogP contribution in [0.15, 0.2) is 49.1 Å². The zero-order chi connectivity index (χ0) is 25.9. The molecule has 8 nitrogen and oxygen atoms in total. The fourth-order valence-electron chi connectivity index (χ4n) is 3.58. The van der Waals surface area contributed by atoms with Crippen molar-refractivity contribution in [3.63, 3.8) is 0 Å². The Labute approximate surface area is 213 Å². The fraction of sp³-hybridized carbons (Fsp3) is 0.346. The lowest BCUT2D eigenvalue weighted by atomic mass is 10.2. The number of nitrogen functional groups attached to an aromatic ring is 1. The number of halogens is 1. The minimum Gasteiger partial charge on any atom is -0.453 e. The highest BCUT2D eigenvalue weighted by atomic mass is 32.1. The van der Waals surface area contributed by atoms with Crippen LogP contribution >= 0.6 is 11.3 Å². The van der Waals surface area contributed by atoms with Crippen LogP contribution in [0.25, 0.3) is 20.8 Å². The molecule has 3 heterocycles. The summed E-state index contributed by atoms with van der Waals surface area (Å²) in [6, 6.07) is 7.96. The first-order chi connectivity index (χ1) is 17.1. The third-order valence-corrected chi connectivity index (χ3v) is 6.37. The van der Waals surface area contributed by atoms with Gasteiger partial charge in [0.25, 0.3) is 0 Å². The van der Waals surface area contributed by atoms with E-state index in [1.807, 2.05) is 44.5 Å². The number of carbonyl (C=O) groups excluding carboxylic acids is 1. The molecular weight excluding hydrogens is 481 g/mol. The molecule has 4 aromatic rings. The Morgan fingerprint density at radius 2 is 1.97 bits per heavy atom. The minimum atomic E-state index is -0.539. The van der Waals surface area contributed by atoms with Crippen molar-refractivity contribution in [3.8, 4) is 22.1 Å². The van der Waals surface area contributed by atoms with E-state index in [9.17, 15) is 9.18 Å². The standard InChI is InChI=1S/C26H30FN5O3S/c1-5-10-32(25(33)35-26(2,3)4)12-11-31-15-20(30-16-31)23-14-19-24(36-23)22(8-9-29-19)34-21-7-6-17(28)13-18(21)27/h6-9,13-16H,5,10-12,28H2,1-4H3. The average molecular weight is 512 g/mol. The number of hydrogen-bond acceptors (Lipinski definition) is 7. The van der Waals surface area contributed by atoms with Crippen molar-refractivity contribution >= 4 is 33.3 Å². The van der Waals surface area contributed by atoms with Gasteiger partial charge in [-0.1, -0.05) is 6.92 Å². The number of ether oxygens (including phenoxy) is 2. The Hall–Kier alpha value is -3.66. The smallest absolute Gasteiger partial charge is 0.410 e. The lowest BCUT2D eigenvalue weighted by Crippen LogP contribution is -2.39. The van der Waals surface area contributed by atoms with Gasteiger partial charge in [-0.05, 0) is 45.4 Å². The third kappa shape index (κ3) is 6.12. The zero-order valence-electron chi connectivity index (χ0n) is 20.8. The molecule has 0 fully saturated rings. The molecule has 0 atom stereocenters. The van der Waals surface area contributed by atoms with Crippen molar-refractivity contribution < 1.29 is 18.7 Å². The lowest BCUT2D eigenvalue weighted by molar-refractivity contribution is 0.0243. The van der Waals surface area contributed by atoms with Crippen molar-refractivity contribution in [3.05, 3.63) is 54.9 Å². The van der Waals surface area contributed by atoms with Crippen molar-refractivity contribution in [2.75, 3.05) is 18.8 Å². The van der Waals surface area contributed by atoms with Crippen molar-refractivity contribution in [2.45, 2.75) is 46.3 Å². The molecule has 1 aromatic carbocycles. The Balaban J connectivity index is 1.49. The molecule has 10 heteroatoms. The molecule has 3 aromatic heterocycles. The molecule has 0 saturated heterocycles. The molecule has 0 aliphatic heterocycles. The highest BCUT2D eigenvalue weighted by molar-refractivity contribution is 7.22. The van der Waals surface area contributed by atoms with Gasteiger partial charge in [0.15, 0.2) is 11.6 Å². The summed E-state index contributed by atoms with van der Waals surface area (Å²) in [6.45, 7) is 9.33. The van der Waals surface area contributed by atoms with Gasteiger partial charge in [0.05, 0.1) is 27.1 Å². The summed E-state index contributed by atoms with van der Waals surface area (Å²) in [5, 5.41) is 0. The second-order valence-electron chi connectivity index (χ2n) is 9.39. The number of imidazole rings is 1. The summed E-state index contributed by atoms with van der Waals surface area (Å²) < 4.78 is 28.4. The predicted octanol–water partition coefficient (Wildman–Crippen LogP) is 6.32. The van der Waals surface area contributed by atoms with E-state index in [0.717, 1.165) is 27.2 Å². The van der Waals surface area contributed by atoms with Crippen molar-refractivity contribution in [1.82, 2.24) is 19.4 Å². The van der Waals surface area contributed by atoms with E-state index in [0.29, 0.717) is 31.1 Å². The number of thiophene rings is 1. The number of amides is 1. The van der Waals surface area contributed by atoms with Gasteiger partial charge >= 0.3 is 6.09 Å². The highest BCUT2D eigenvalue weighted by Gasteiger charge is 2.21. The first kappa shape index (κ1) is 25.4. The number of rotatable bonds is 8. The normalized spacial score (nSPS) is 11.6. The molecule has 36 heavy (non-hydrogen) atoms. The molecule has 0 aliphatic rings. The number of aromatic nitrogens is 3. The molecule has 0 radical (unpaired) electrons. The van der Waals surface area contributed by atoms with Crippen LogP contribution < -0.4 is 10.5 Å². The molecule has 0 saturated carbocycles. The van der Waals surface area contributed by atoms with Crippen LogP contribution in [-0.2, 0) is 11.3 Å². The summed E-state index contributed by atoms with van der Waals surface area (Å²) in [7, 11) is 0. The number of nitrogens with zero attached hydrogens (tertiary/aromatic N) is 4. The van der Waals surface area contributed by atoms with E-state index >= 15 is 0 Å². The van der Waals surface area contributed by atoms with Crippen LogP contribution in [-0.4, -0.2) is 44.2 Å². The van der Waals surface area contributed by atoms with Gasteiger partial charge in [0, 0.05) is 49.8 Å². The molecule has 190 valence electrons. The summed E-state index contributed by atoms with van der Waals surface area (Å²) in [5.74, 6) is 0.0726.